The van der Waals surface area contributed by atoms with Crippen molar-refractivity contribution in [2.75, 3.05) is 27.7 Å². The third-order valence-corrected chi connectivity index (χ3v) is 11.5. The van der Waals surface area contributed by atoms with Crippen molar-refractivity contribution in [3.8, 4) is 0 Å². The molecular weight excluding hydrogens is 745 g/mol. The molecule has 0 N–H and O–H groups in total. The average molecular weight is 824 g/mol. The number of alkyl halides is 1. The summed E-state index contributed by atoms with van der Waals surface area (Å²) in [7, 11) is 6.24. The molecule has 0 bridgehead atoms. The van der Waals surface area contributed by atoms with Crippen LogP contribution in [0.1, 0.15) is 194 Å². The maximum absolute atomic E-state index is 12.7. The second-order valence-electron chi connectivity index (χ2n) is 14.9. The second kappa shape index (κ2) is 37.2. The van der Waals surface area contributed by atoms with E-state index in [4.69, 9.17) is 9.47 Å². The van der Waals surface area contributed by atoms with Gasteiger partial charge in [0.05, 0.1) is 21.1 Å². The van der Waals surface area contributed by atoms with Gasteiger partial charge < -0.3 is 26.4 Å². The minimum atomic E-state index is -0.445. The third kappa shape index (κ3) is 35.6. The minimum Gasteiger partial charge on any atom is -1.00 e. The summed E-state index contributed by atoms with van der Waals surface area (Å²) in [6, 6.07) is 0. The number of nitrogens with zero attached hydrogens (tertiary/aromatic N) is 1. The van der Waals surface area contributed by atoms with Gasteiger partial charge in [-0.05, 0) is 86.8 Å². The van der Waals surface area contributed by atoms with Crippen molar-refractivity contribution in [2.45, 2.75) is 204 Å². The van der Waals surface area contributed by atoms with Gasteiger partial charge in [-0.3, -0.25) is 9.59 Å². The topological polar surface area (TPSA) is 52.6 Å². The molecule has 5 nitrogen and oxygen atoms in total. The van der Waals surface area contributed by atoms with E-state index in [1.165, 1.54) is 122 Å². The largest absolute Gasteiger partial charge is 1.00 e. The second-order valence-corrected chi connectivity index (χ2v) is 16.1. The van der Waals surface area contributed by atoms with Crippen LogP contribution in [0.25, 0.3) is 0 Å². The van der Waals surface area contributed by atoms with Crippen LogP contribution in [-0.4, -0.2) is 54.3 Å². The Labute approximate surface area is 324 Å². The number of halogens is 2. The number of hydrogen-bond acceptors (Lipinski definition) is 4. The molecule has 0 amide bonds. The Hall–Kier alpha value is -0.600. The summed E-state index contributed by atoms with van der Waals surface area (Å²) in [5, 5.41) is 0. The van der Waals surface area contributed by atoms with Gasteiger partial charge >= 0.3 is 11.9 Å². The Bertz CT molecular complexity index is 798. The lowest BCUT2D eigenvalue weighted by Gasteiger charge is -2.34. The number of unbranched alkanes of at least 4 members (excludes halogenated alkanes) is 22. The number of carbonyl (C=O) groups is 2. The highest BCUT2D eigenvalue weighted by Crippen LogP contribution is 2.21. The van der Waals surface area contributed by atoms with Gasteiger partial charge in [0, 0.05) is 12.8 Å². The van der Waals surface area contributed by atoms with Crippen molar-refractivity contribution in [2.24, 2.45) is 0 Å². The van der Waals surface area contributed by atoms with E-state index in [0.717, 1.165) is 44.9 Å². The van der Waals surface area contributed by atoms with Crippen LogP contribution in [-0.2, 0) is 19.1 Å². The number of hydrogen-bond donors (Lipinski definition) is 0. The number of rotatable bonds is 35. The van der Waals surface area contributed by atoms with Crippen LogP contribution in [0.3, 0.4) is 0 Å². The van der Waals surface area contributed by atoms with E-state index in [1.807, 2.05) is 0 Å². The van der Waals surface area contributed by atoms with E-state index in [9.17, 15) is 9.59 Å². The van der Waals surface area contributed by atoms with Crippen LogP contribution >= 0.6 is 22.6 Å². The number of allylic oxidation sites excluding steroid dienone is 4. The number of likely N-dealkylation sites (N-methyl/N-ethyl adjacent to an activating group) is 1. The molecule has 0 aliphatic heterocycles. The van der Waals surface area contributed by atoms with Gasteiger partial charge in [-0.15, -0.1) is 0 Å². The molecule has 0 rings (SSSR count). The van der Waals surface area contributed by atoms with Crippen LogP contribution in [0.4, 0.5) is 0 Å². The first kappa shape index (κ1) is 50.5. The summed E-state index contributed by atoms with van der Waals surface area (Å²) in [5.41, 5.74) is 0. The van der Waals surface area contributed by atoms with Gasteiger partial charge in [-0.1, -0.05) is 141 Å². The van der Waals surface area contributed by atoms with Crippen molar-refractivity contribution < 1.29 is 36.0 Å². The summed E-state index contributed by atoms with van der Waals surface area (Å²) in [6.07, 6.45) is 41.9. The number of carbonyl (C=O) groups excluding carboxylic acids is 2. The van der Waals surface area contributed by atoms with E-state index in [2.05, 4.69) is 81.9 Å². The number of esters is 2. The summed E-state index contributed by atoms with van der Waals surface area (Å²) in [6.45, 7) is 4.66. The Morgan fingerprint density at radius 2 is 0.857 bits per heavy atom. The molecule has 0 aromatic rings. The first-order valence-electron chi connectivity index (χ1n) is 20.3. The van der Waals surface area contributed by atoms with Crippen LogP contribution in [0.5, 0.6) is 0 Å². The number of ether oxygens (including phenoxy) is 2. The first-order chi connectivity index (χ1) is 23.2. The predicted molar refractivity (Wildman–Crippen MR) is 216 cm³/mol. The van der Waals surface area contributed by atoms with Gasteiger partial charge in [0.2, 0.25) is 0 Å². The molecule has 0 heterocycles. The molecule has 0 aromatic carbocycles. The summed E-state index contributed by atoms with van der Waals surface area (Å²) in [5.74, 6) is -0.364. The molecule has 0 fully saturated rings. The lowest BCUT2D eigenvalue weighted by molar-refractivity contribution is -0.879. The molecular formula is C42H79ClINO4. The maximum Gasteiger partial charge on any atom is 0.306 e. The highest BCUT2D eigenvalue weighted by molar-refractivity contribution is 14.1. The fourth-order valence-corrected chi connectivity index (χ4v) is 6.18. The molecule has 7 heteroatoms. The molecule has 49 heavy (non-hydrogen) atoms. The molecule has 0 radical (unpaired) electrons. The van der Waals surface area contributed by atoms with Gasteiger partial charge in [0.15, 0.2) is 10.2 Å². The predicted octanol–water partition coefficient (Wildman–Crippen LogP) is 9.99. The summed E-state index contributed by atoms with van der Waals surface area (Å²) < 4.78 is 12.1. The average Bonchev–Trinajstić information content (AvgIpc) is 3.05. The molecule has 0 aliphatic rings. The van der Waals surface area contributed by atoms with E-state index in [-0.39, 0.29) is 35.0 Å². The Balaban J connectivity index is 0. The molecule has 290 valence electrons. The fourth-order valence-electron chi connectivity index (χ4n) is 5.82. The van der Waals surface area contributed by atoms with Crippen molar-refractivity contribution in [1.29, 1.82) is 0 Å². The summed E-state index contributed by atoms with van der Waals surface area (Å²) >= 11 is 2.33. The van der Waals surface area contributed by atoms with E-state index in [0.29, 0.717) is 17.3 Å². The Kier molecular flexibility index (Phi) is 38.3. The smallest absolute Gasteiger partial charge is 0.306 e. The van der Waals surface area contributed by atoms with Crippen molar-refractivity contribution in [3.63, 3.8) is 0 Å². The van der Waals surface area contributed by atoms with Gasteiger partial charge in [0.25, 0.3) is 0 Å². The van der Waals surface area contributed by atoms with Crippen molar-refractivity contribution in [3.05, 3.63) is 24.3 Å². The monoisotopic (exact) mass is 823 g/mol. The molecule has 0 saturated carbocycles. The normalized spacial score (nSPS) is 13.1. The highest BCUT2D eigenvalue weighted by atomic mass is 127. The van der Waals surface area contributed by atoms with Gasteiger partial charge in [-0.2, -0.15) is 0 Å². The lowest BCUT2D eigenvalue weighted by atomic mass is 10.1. The zero-order chi connectivity index (χ0) is 35.6. The standard InChI is InChI=1S/C42H79INO4.ClH/c1-6-8-10-12-14-16-18-20-22-24-26-28-30-32-34-36-40(45)47-38-39(42(43)44(3,4)5)48-41(46)37-35-33-31-29-27-25-23-21-19-17-15-13-11-9-7-2;/h20-23,39,42H,6-19,24-38H2,1-5H3;1H/q+1;/p-1/b22-20-,23-21-;. The third-order valence-electron chi connectivity index (χ3n) is 9.02. The molecule has 0 aliphatic carbocycles. The molecule has 0 aromatic heterocycles. The number of quaternary nitrogens is 1. The zero-order valence-electron chi connectivity index (χ0n) is 32.8. The van der Waals surface area contributed by atoms with Crippen LogP contribution in [0, 0.1) is 0 Å². The molecule has 0 spiro atoms. The van der Waals surface area contributed by atoms with E-state index in [1.54, 1.807) is 0 Å². The van der Waals surface area contributed by atoms with Crippen molar-refractivity contribution in [1.82, 2.24) is 0 Å². The van der Waals surface area contributed by atoms with E-state index < -0.39 is 6.10 Å². The zero-order valence-corrected chi connectivity index (χ0v) is 35.7. The quantitative estimate of drug-likeness (QED) is 0.0122. The lowest BCUT2D eigenvalue weighted by Crippen LogP contribution is -3.00. The Morgan fingerprint density at radius 1 is 0.531 bits per heavy atom. The summed E-state index contributed by atoms with van der Waals surface area (Å²) in [4.78, 5) is 25.2. The fraction of sp³-hybridized carbons (Fsp3) is 0.857. The highest BCUT2D eigenvalue weighted by Gasteiger charge is 2.34. The maximum atomic E-state index is 12.7. The SMILES string of the molecule is CCCCCCCC/C=C\CCCCCCCC(=O)OCC(OC(=O)CCCCCCC/C=C\CCCCCCCC)C(I)[N+](C)(C)C.[Cl-]. The molecule has 0 saturated heterocycles. The van der Waals surface area contributed by atoms with E-state index >= 15 is 0 Å². The van der Waals surface area contributed by atoms with Crippen LogP contribution < -0.4 is 12.4 Å². The van der Waals surface area contributed by atoms with Crippen LogP contribution in [0.2, 0.25) is 0 Å². The first-order valence-corrected chi connectivity index (χ1v) is 21.6. The molecule has 2 atom stereocenters. The van der Waals surface area contributed by atoms with Gasteiger partial charge in [-0.25, -0.2) is 0 Å². The van der Waals surface area contributed by atoms with Crippen molar-refractivity contribution >= 4 is 34.5 Å². The molecule has 2 unspecified atom stereocenters. The minimum absolute atomic E-state index is 0. The van der Waals surface area contributed by atoms with Crippen LogP contribution in [0.15, 0.2) is 24.3 Å². The van der Waals surface area contributed by atoms with Gasteiger partial charge in [0.1, 0.15) is 6.61 Å². The Morgan fingerprint density at radius 3 is 1.22 bits per heavy atom.